The number of amides is 2. The summed E-state index contributed by atoms with van der Waals surface area (Å²) in [6, 6.07) is 11.1. The van der Waals surface area contributed by atoms with Gasteiger partial charge in [0, 0.05) is 18.1 Å². The highest BCUT2D eigenvalue weighted by molar-refractivity contribution is 7.92. The van der Waals surface area contributed by atoms with E-state index in [1.165, 1.54) is 23.1 Å². The molecule has 0 radical (unpaired) electrons. The number of anilines is 1. The average Bonchev–Trinajstić information content (AvgIpc) is 2.71. The van der Waals surface area contributed by atoms with E-state index in [0.29, 0.717) is 21.4 Å². The highest BCUT2D eigenvalue weighted by Crippen LogP contribution is 2.22. The SMILES string of the molecule is CCNC(=O)[C@H](C)N(Cc1ccc(Cl)cc1)C(=O)CN(c1ccccc1F)S(C)(=O)=O. The Morgan fingerprint density at radius 2 is 1.74 bits per heavy atom. The summed E-state index contributed by atoms with van der Waals surface area (Å²) in [7, 11) is -3.98. The van der Waals surface area contributed by atoms with Crippen LogP contribution in [-0.2, 0) is 26.2 Å². The van der Waals surface area contributed by atoms with Crippen molar-refractivity contribution in [1.29, 1.82) is 0 Å². The van der Waals surface area contributed by atoms with Gasteiger partial charge in [-0.15, -0.1) is 0 Å². The minimum Gasteiger partial charge on any atom is -0.355 e. The molecule has 168 valence electrons. The lowest BCUT2D eigenvalue weighted by molar-refractivity contribution is -0.139. The number of carbonyl (C=O) groups excluding carboxylic acids is 2. The third-order valence-electron chi connectivity index (χ3n) is 4.58. The minimum absolute atomic E-state index is 0.0448. The molecule has 2 aromatic carbocycles. The van der Waals surface area contributed by atoms with E-state index in [2.05, 4.69) is 5.32 Å². The minimum atomic E-state index is -3.98. The van der Waals surface area contributed by atoms with Crippen LogP contribution in [-0.4, -0.2) is 50.5 Å². The van der Waals surface area contributed by atoms with E-state index >= 15 is 0 Å². The van der Waals surface area contributed by atoms with Crippen molar-refractivity contribution < 1.29 is 22.4 Å². The maximum Gasteiger partial charge on any atom is 0.244 e. The van der Waals surface area contributed by atoms with E-state index < -0.39 is 34.3 Å². The number of carbonyl (C=O) groups is 2. The summed E-state index contributed by atoms with van der Waals surface area (Å²) in [5, 5.41) is 3.17. The molecule has 0 fully saturated rings. The summed E-state index contributed by atoms with van der Waals surface area (Å²) in [5.74, 6) is -1.81. The van der Waals surface area contributed by atoms with Crippen LogP contribution in [0.4, 0.5) is 10.1 Å². The van der Waals surface area contributed by atoms with Gasteiger partial charge in [0.25, 0.3) is 0 Å². The number of nitrogens with zero attached hydrogens (tertiary/aromatic N) is 2. The number of halogens is 2. The van der Waals surface area contributed by atoms with Gasteiger partial charge in [0.15, 0.2) is 0 Å². The van der Waals surface area contributed by atoms with Crippen molar-refractivity contribution in [2.45, 2.75) is 26.4 Å². The number of rotatable bonds is 9. The van der Waals surface area contributed by atoms with E-state index in [0.717, 1.165) is 12.3 Å². The second-order valence-corrected chi connectivity index (χ2v) is 9.28. The molecule has 0 unspecified atom stereocenters. The van der Waals surface area contributed by atoms with E-state index in [4.69, 9.17) is 11.6 Å². The molecule has 2 amide bonds. The average molecular weight is 470 g/mol. The van der Waals surface area contributed by atoms with Gasteiger partial charge in [0.1, 0.15) is 18.4 Å². The van der Waals surface area contributed by atoms with Gasteiger partial charge in [-0.1, -0.05) is 35.9 Å². The van der Waals surface area contributed by atoms with Crippen molar-refractivity contribution in [3.05, 3.63) is 64.9 Å². The van der Waals surface area contributed by atoms with Crippen LogP contribution in [0.25, 0.3) is 0 Å². The third kappa shape index (κ3) is 6.67. The maximum atomic E-state index is 14.3. The molecule has 31 heavy (non-hydrogen) atoms. The molecule has 0 saturated carbocycles. The van der Waals surface area contributed by atoms with Gasteiger partial charge in [-0.2, -0.15) is 0 Å². The Labute approximate surface area is 186 Å². The molecule has 2 aromatic rings. The van der Waals surface area contributed by atoms with Crippen LogP contribution >= 0.6 is 11.6 Å². The van der Waals surface area contributed by atoms with Crippen molar-refractivity contribution in [3.8, 4) is 0 Å². The molecule has 0 aromatic heterocycles. The highest BCUT2D eigenvalue weighted by atomic mass is 35.5. The Balaban J connectivity index is 2.38. The smallest absolute Gasteiger partial charge is 0.244 e. The Kier molecular flexibility index (Phi) is 8.41. The summed E-state index contributed by atoms with van der Waals surface area (Å²) in [4.78, 5) is 26.9. The lowest BCUT2D eigenvalue weighted by Crippen LogP contribution is -2.51. The monoisotopic (exact) mass is 469 g/mol. The fraction of sp³-hybridized carbons (Fsp3) is 0.333. The second kappa shape index (κ2) is 10.6. The predicted molar refractivity (Wildman–Crippen MR) is 119 cm³/mol. The van der Waals surface area contributed by atoms with Gasteiger partial charge in [-0.3, -0.25) is 13.9 Å². The first-order valence-corrected chi connectivity index (χ1v) is 11.8. The standard InChI is InChI=1S/C21H25ClFN3O4S/c1-4-24-21(28)15(2)25(13-16-9-11-17(22)12-10-16)20(27)14-26(31(3,29)30)19-8-6-5-7-18(19)23/h5-12,15H,4,13-14H2,1-3H3,(H,24,28)/t15-/m0/s1. The molecule has 1 atom stereocenters. The summed E-state index contributed by atoms with van der Waals surface area (Å²) in [6.07, 6.45) is 0.892. The van der Waals surface area contributed by atoms with Crippen molar-refractivity contribution in [1.82, 2.24) is 10.2 Å². The van der Waals surface area contributed by atoms with Crippen LogP contribution in [0.1, 0.15) is 19.4 Å². The van der Waals surface area contributed by atoms with E-state index in [1.54, 1.807) is 38.1 Å². The largest absolute Gasteiger partial charge is 0.355 e. The first kappa shape index (κ1) is 24.6. The topological polar surface area (TPSA) is 86.8 Å². The van der Waals surface area contributed by atoms with Crippen LogP contribution in [0, 0.1) is 5.82 Å². The van der Waals surface area contributed by atoms with Gasteiger partial charge in [0.2, 0.25) is 21.8 Å². The van der Waals surface area contributed by atoms with E-state index in [-0.39, 0.29) is 18.1 Å². The summed E-state index contributed by atoms with van der Waals surface area (Å²) in [6.45, 7) is 3.06. The Morgan fingerprint density at radius 3 is 2.29 bits per heavy atom. The van der Waals surface area contributed by atoms with Crippen LogP contribution in [0.2, 0.25) is 5.02 Å². The zero-order chi connectivity index (χ0) is 23.2. The molecule has 7 nitrogen and oxygen atoms in total. The molecule has 0 bridgehead atoms. The Hall–Kier alpha value is -2.65. The van der Waals surface area contributed by atoms with Crippen LogP contribution in [0.15, 0.2) is 48.5 Å². The summed E-state index contributed by atoms with van der Waals surface area (Å²) >= 11 is 5.91. The lowest BCUT2D eigenvalue weighted by Gasteiger charge is -2.31. The highest BCUT2D eigenvalue weighted by Gasteiger charge is 2.30. The number of nitrogens with one attached hydrogen (secondary N) is 1. The summed E-state index contributed by atoms with van der Waals surface area (Å²) < 4.78 is 39.7. The molecule has 0 spiro atoms. The van der Waals surface area contributed by atoms with Gasteiger partial charge in [0.05, 0.1) is 11.9 Å². The molecule has 0 aliphatic heterocycles. The molecule has 1 N–H and O–H groups in total. The van der Waals surface area contributed by atoms with Gasteiger partial charge in [-0.05, 0) is 43.7 Å². The van der Waals surface area contributed by atoms with E-state index in [1.807, 2.05) is 0 Å². The fourth-order valence-corrected chi connectivity index (χ4v) is 3.92. The molecule has 0 aliphatic carbocycles. The molecule has 10 heteroatoms. The number of sulfonamides is 1. The van der Waals surface area contributed by atoms with Gasteiger partial charge in [-0.25, -0.2) is 12.8 Å². The summed E-state index contributed by atoms with van der Waals surface area (Å²) in [5.41, 5.74) is 0.459. The first-order chi connectivity index (χ1) is 14.5. The zero-order valence-corrected chi connectivity index (χ0v) is 19.1. The number of benzene rings is 2. The fourth-order valence-electron chi connectivity index (χ4n) is 2.94. The van der Waals surface area contributed by atoms with Crippen molar-refractivity contribution in [2.75, 3.05) is 23.7 Å². The first-order valence-electron chi connectivity index (χ1n) is 9.58. The van der Waals surface area contributed by atoms with Crippen LogP contribution in [0.3, 0.4) is 0 Å². The molecule has 0 aliphatic rings. The number of likely N-dealkylation sites (N-methyl/N-ethyl adjacent to an activating group) is 1. The Bertz CT molecular complexity index is 1030. The third-order valence-corrected chi connectivity index (χ3v) is 5.96. The quantitative estimate of drug-likeness (QED) is 0.611. The molecular weight excluding hydrogens is 445 g/mol. The Morgan fingerprint density at radius 1 is 1.13 bits per heavy atom. The number of hydrogen-bond donors (Lipinski definition) is 1. The van der Waals surface area contributed by atoms with Crippen molar-refractivity contribution in [2.24, 2.45) is 0 Å². The van der Waals surface area contributed by atoms with Crippen LogP contribution < -0.4 is 9.62 Å². The maximum absolute atomic E-state index is 14.3. The molecule has 2 rings (SSSR count). The molecule has 0 heterocycles. The normalized spacial score (nSPS) is 12.2. The van der Waals surface area contributed by atoms with Crippen molar-refractivity contribution >= 4 is 39.1 Å². The zero-order valence-electron chi connectivity index (χ0n) is 17.5. The van der Waals surface area contributed by atoms with Crippen LogP contribution in [0.5, 0.6) is 0 Å². The number of hydrogen-bond acceptors (Lipinski definition) is 4. The molecular formula is C21H25ClFN3O4S. The second-order valence-electron chi connectivity index (χ2n) is 6.94. The van der Waals surface area contributed by atoms with Gasteiger partial charge < -0.3 is 10.2 Å². The number of para-hydroxylation sites is 1. The van der Waals surface area contributed by atoms with Gasteiger partial charge >= 0.3 is 0 Å². The molecule has 0 saturated heterocycles. The predicted octanol–water partition coefficient (Wildman–Crippen LogP) is 2.80. The van der Waals surface area contributed by atoms with E-state index in [9.17, 15) is 22.4 Å². The lowest BCUT2D eigenvalue weighted by atomic mass is 10.1. The van der Waals surface area contributed by atoms with Crippen molar-refractivity contribution in [3.63, 3.8) is 0 Å².